The lowest BCUT2D eigenvalue weighted by atomic mass is 9.99. The highest BCUT2D eigenvalue weighted by Crippen LogP contribution is 2.36. The lowest BCUT2D eigenvalue weighted by Crippen LogP contribution is -2.36. The number of rotatable bonds is 1. The van der Waals surface area contributed by atoms with Crippen LogP contribution in [0.4, 0.5) is 0 Å². The highest BCUT2D eigenvalue weighted by molar-refractivity contribution is 9.13. The second-order valence-electron chi connectivity index (χ2n) is 2.23. The molecule has 0 aliphatic heterocycles. The smallest absolute Gasteiger partial charge is 0.137 e. The van der Waals surface area contributed by atoms with Crippen LogP contribution in [0.3, 0.4) is 0 Å². The molecule has 0 saturated heterocycles. The van der Waals surface area contributed by atoms with Crippen LogP contribution in [0.25, 0.3) is 0 Å². The Kier molecular flexibility index (Phi) is 2.88. The molecule has 2 atom stereocenters. The Labute approximate surface area is 77.1 Å². The van der Waals surface area contributed by atoms with Crippen molar-refractivity contribution in [3.63, 3.8) is 0 Å². The first-order valence-corrected chi connectivity index (χ1v) is 4.16. The average Bonchev–Trinajstić information content (AvgIpc) is 1.88. The Balaban J connectivity index is 4.71. The summed E-state index contributed by atoms with van der Waals surface area (Å²) in [5, 5.41) is 17.2. The summed E-state index contributed by atoms with van der Waals surface area (Å²) in [4.78, 5) is 0. The summed E-state index contributed by atoms with van der Waals surface area (Å²) < 4.78 is -1.68. The van der Waals surface area contributed by atoms with E-state index in [-0.39, 0.29) is 0 Å². The van der Waals surface area contributed by atoms with Gasteiger partial charge < -0.3 is 0 Å². The number of hydrogen-bond donors (Lipinski definition) is 0. The fraction of sp³-hybridized carbons (Fsp3) is 0.667. The van der Waals surface area contributed by atoms with Crippen LogP contribution in [0.5, 0.6) is 0 Å². The van der Waals surface area contributed by atoms with Crippen LogP contribution in [0.15, 0.2) is 0 Å². The molecule has 0 radical (unpaired) electrons. The minimum atomic E-state index is -0.839. The van der Waals surface area contributed by atoms with Crippen molar-refractivity contribution in [3.05, 3.63) is 0 Å². The molecule has 0 amide bonds. The zero-order chi connectivity index (χ0) is 8.41. The van der Waals surface area contributed by atoms with Crippen molar-refractivity contribution in [2.75, 3.05) is 0 Å². The fourth-order valence-electron chi connectivity index (χ4n) is 0.210. The number of halogens is 2. The summed E-state index contributed by atoms with van der Waals surface area (Å²) >= 11 is 6.26. The monoisotopic (exact) mass is 264 g/mol. The number of nitrogens with zero attached hydrogens (tertiary/aromatic N) is 2. The average molecular weight is 266 g/mol. The Morgan fingerprint density at radius 2 is 1.20 bits per heavy atom. The Hall–Kier alpha value is -0.0600. The lowest BCUT2D eigenvalue weighted by Gasteiger charge is -2.24. The summed E-state index contributed by atoms with van der Waals surface area (Å²) in [5.41, 5.74) is 0. The van der Waals surface area contributed by atoms with E-state index in [0.717, 1.165) is 0 Å². The zero-order valence-electron chi connectivity index (χ0n) is 5.65. The molecule has 0 aliphatic rings. The standard InChI is InChI=1S/C6H6Br2N2/c1-5(7,3-9)6(2,8)4-10/h1-2H3. The van der Waals surface area contributed by atoms with Crippen molar-refractivity contribution in [2.24, 2.45) is 0 Å². The van der Waals surface area contributed by atoms with Crippen molar-refractivity contribution in [3.8, 4) is 12.1 Å². The van der Waals surface area contributed by atoms with E-state index in [1.54, 1.807) is 13.8 Å². The summed E-state index contributed by atoms with van der Waals surface area (Å²) in [6.07, 6.45) is 0. The van der Waals surface area contributed by atoms with E-state index in [4.69, 9.17) is 10.5 Å². The van der Waals surface area contributed by atoms with Crippen LogP contribution in [0.1, 0.15) is 13.8 Å². The molecule has 0 N–H and O–H groups in total. The predicted molar refractivity (Wildman–Crippen MR) is 45.9 cm³/mol. The van der Waals surface area contributed by atoms with Crippen molar-refractivity contribution in [1.82, 2.24) is 0 Å². The van der Waals surface area contributed by atoms with Gasteiger partial charge in [0, 0.05) is 0 Å². The molecule has 2 unspecified atom stereocenters. The first kappa shape index (κ1) is 9.94. The molecule has 0 heterocycles. The van der Waals surface area contributed by atoms with Gasteiger partial charge in [0.15, 0.2) is 0 Å². The molecule has 0 aromatic rings. The first-order chi connectivity index (χ1) is 4.37. The van der Waals surface area contributed by atoms with Crippen LogP contribution in [-0.2, 0) is 0 Å². The molecule has 0 spiro atoms. The third-order valence-corrected chi connectivity index (χ3v) is 3.77. The molecule has 0 aromatic heterocycles. The van der Waals surface area contributed by atoms with Gasteiger partial charge in [-0.3, -0.25) is 0 Å². The SMILES string of the molecule is CC(Br)(C#N)C(C)(Br)C#N. The van der Waals surface area contributed by atoms with Gasteiger partial charge in [-0.1, -0.05) is 31.9 Å². The van der Waals surface area contributed by atoms with Gasteiger partial charge in [-0.25, -0.2) is 0 Å². The van der Waals surface area contributed by atoms with Crippen molar-refractivity contribution >= 4 is 31.9 Å². The minimum absolute atomic E-state index is 0.839. The molecular weight excluding hydrogens is 260 g/mol. The third-order valence-electron chi connectivity index (χ3n) is 1.30. The Morgan fingerprint density at radius 1 is 1.00 bits per heavy atom. The van der Waals surface area contributed by atoms with Crippen LogP contribution in [0, 0.1) is 22.7 Å². The molecule has 0 fully saturated rings. The van der Waals surface area contributed by atoms with Gasteiger partial charge in [0.1, 0.15) is 8.65 Å². The van der Waals surface area contributed by atoms with E-state index in [9.17, 15) is 0 Å². The molecule has 2 nitrogen and oxygen atoms in total. The maximum absolute atomic E-state index is 8.58. The van der Waals surface area contributed by atoms with Crippen molar-refractivity contribution < 1.29 is 0 Å². The minimum Gasteiger partial charge on any atom is -0.197 e. The van der Waals surface area contributed by atoms with Crippen molar-refractivity contribution in [1.29, 1.82) is 10.5 Å². The van der Waals surface area contributed by atoms with E-state index < -0.39 is 8.65 Å². The molecule has 4 heteroatoms. The van der Waals surface area contributed by atoms with Gasteiger partial charge >= 0.3 is 0 Å². The Morgan fingerprint density at radius 3 is 1.30 bits per heavy atom. The lowest BCUT2D eigenvalue weighted by molar-refractivity contribution is 0.705. The third kappa shape index (κ3) is 1.71. The highest BCUT2D eigenvalue weighted by atomic mass is 79.9. The van der Waals surface area contributed by atoms with E-state index in [1.165, 1.54) is 0 Å². The summed E-state index contributed by atoms with van der Waals surface area (Å²) in [5.74, 6) is 0. The summed E-state index contributed by atoms with van der Waals surface area (Å²) in [6, 6.07) is 3.96. The van der Waals surface area contributed by atoms with Gasteiger partial charge in [0.25, 0.3) is 0 Å². The van der Waals surface area contributed by atoms with Crippen LogP contribution in [0.2, 0.25) is 0 Å². The number of nitriles is 2. The Bertz CT molecular complexity index is 183. The quantitative estimate of drug-likeness (QED) is 0.684. The zero-order valence-corrected chi connectivity index (χ0v) is 8.82. The van der Waals surface area contributed by atoms with Gasteiger partial charge in [0.05, 0.1) is 12.1 Å². The summed E-state index contributed by atoms with van der Waals surface area (Å²) in [7, 11) is 0. The molecule has 0 bridgehead atoms. The van der Waals surface area contributed by atoms with Crippen LogP contribution < -0.4 is 0 Å². The number of alkyl halides is 2. The van der Waals surface area contributed by atoms with Crippen LogP contribution in [-0.4, -0.2) is 8.65 Å². The maximum atomic E-state index is 8.58. The molecule has 10 heavy (non-hydrogen) atoms. The number of hydrogen-bond acceptors (Lipinski definition) is 2. The second-order valence-corrected chi connectivity index (χ2v) is 5.40. The molecular formula is C6H6Br2N2. The van der Waals surface area contributed by atoms with Crippen LogP contribution >= 0.6 is 31.9 Å². The largest absolute Gasteiger partial charge is 0.197 e. The van der Waals surface area contributed by atoms with Crippen molar-refractivity contribution in [2.45, 2.75) is 22.5 Å². The van der Waals surface area contributed by atoms with E-state index in [0.29, 0.717) is 0 Å². The maximum Gasteiger partial charge on any atom is 0.137 e. The van der Waals surface area contributed by atoms with Gasteiger partial charge in [-0.05, 0) is 13.8 Å². The molecule has 0 aliphatic carbocycles. The van der Waals surface area contributed by atoms with Gasteiger partial charge in [0.2, 0.25) is 0 Å². The normalized spacial score (nSPS) is 21.4. The van der Waals surface area contributed by atoms with Gasteiger partial charge in [-0.2, -0.15) is 10.5 Å². The first-order valence-electron chi connectivity index (χ1n) is 2.58. The molecule has 54 valence electrons. The second kappa shape index (κ2) is 2.90. The molecule has 0 rings (SSSR count). The topological polar surface area (TPSA) is 47.6 Å². The van der Waals surface area contributed by atoms with E-state index >= 15 is 0 Å². The van der Waals surface area contributed by atoms with E-state index in [2.05, 4.69) is 31.9 Å². The van der Waals surface area contributed by atoms with Gasteiger partial charge in [-0.15, -0.1) is 0 Å². The van der Waals surface area contributed by atoms with E-state index in [1.807, 2.05) is 12.1 Å². The highest BCUT2D eigenvalue weighted by Gasteiger charge is 2.41. The fourth-order valence-corrected chi connectivity index (χ4v) is 0.387. The molecule has 0 saturated carbocycles. The molecule has 0 aromatic carbocycles. The predicted octanol–water partition coefficient (Wildman–Crippen LogP) is 2.34. The summed E-state index contributed by atoms with van der Waals surface area (Å²) in [6.45, 7) is 3.29.